The molecule has 0 aliphatic heterocycles. The minimum Gasteiger partial charge on any atom is -0.494 e. The monoisotopic (exact) mass is 323 g/mol. The molecule has 2 aromatic rings. The summed E-state index contributed by atoms with van der Waals surface area (Å²) >= 11 is 3.32. The Hall–Kier alpha value is -1.55. The number of para-hydroxylation sites is 1. The van der Waals surface area contributed by atoms with Gasteiger partial charge in [-0.1, -0.05) is 18.2 Å². The molecule has 0 atom stereocenters. The van der Waals surface area contributed by atoms with Gasteiger partial charge in [0, 0.05) is 16.7 Å². The Labute approximate surface area is 120 Å². The van der Waals surface area contributed by atoms with Gasteiger partial charge in [0.1, 0.15) is 11.6 Å². The number of nitrogens with one attached hydrogen (secondary N) is 1. The molecular weight excluding hydrogens is 309 g/mol. The zero-order chi connectivity index (χ0) is 13.5. The summed E-state index contributed by atoms with van der Waals surface area (Å²) in [5.74, 6) is 0.635. The number of hydrogen-bond donors (Lipinski definition) is 1. The van der Waals surface area contributed by atoms with Gasteiger partial charge < -0.3 is 10.1 Å². The van der Waals surface area contributed by atoms with Gasteiger partial charge in [-0.3, -0.25) is 0 Å². The lowest BCUT2D eigenvalue weighted by Gasteiger charge is -2.09. The van der Waals surface area contributed by atoms with Crippen LogP contribution < -0.4 is 10.1 Å². The molecule has 0 aliphatic carbocycles. The Balaban J connectivity index is 1.69. The van der Waals surface area contributed by atoms with Crippen LogP contribution >= 0.6 is 15.9 Å². The van der Waals surface area contributed by atoms with Crippen LogP contribution in [0.25, 0.3) is 0 Å². The smallest absolute Gasteiger partial charge is 0.124 e. The van der Waals surface area contributed by atoms with Gasteiger partial charge in [0.05, 0.1) is 6.61 Å². The van der Waals surface area contributed by atoms with E-state index in [1.807, 2.05) is 30.3 Å². The fourth-order valence-corrected chi connectivity index (χ4v) is 2.13. The van der Waals surface area contributed by atoms with Crippen LogP contribution in [0.4, 0.5) is 10.1 Å². The predicted octanol–water partition coefficient (Wildman–Crippen LogP) is 4.47. The minimum absolute atomic E-state index is 0.246. The number of benzene rings is 2. The van der Waals surface area contributed by atoms with Crippen molar-refractivity contribution < 1.29 is 9.13 Å². The van der Waals surface area contributed by atoms with Crippen LogP contribution in [0.3, 0.4) is 0 Å². The SMILES string of the molecule is Fc1ccc(NCCCOc2ccccc2)c(Br)c1. The first kappa shape index (κ1) is 13.9. The highest BCUT2D eigenvalue weighted by molar-refractivity contribution is 9.10. The number of ether oxygens (including phenoxy) is 1. The second-order valence-electron chi connectivity index (χ2n) is 4.07. The summed E-state index contributed by atoms with van der Waals surface area (Å²) in [7, 11) is 0. The number of rotatable bonds is 6. The van der Waals surface area contributed by atoms with Crippen molar-refractivity contribution in [1.29, 1.82) is 0 Å². The van der Waals surface area contributed by atoms with E-state index in [0.717, 1.165) is 28.9 Å². The Morgan fingerprint density at radius 2 is 1.89 bits per heavy atom. The highest BCUT2D eigenvalue weighted by Gasteiger charge is 2.00. The molecule has 0 heterocycles. The van der Waals surface area contributed by atoms with Crippen LogP contribution in [0.2, 0.25) is 0 Å². The van der Waals surface area contributed by atoms with E-state index < -0.39 is 0 Å². The van der Waals surface area contributed by atoms with E-state index in [1.165, 1.54) is 12.1 Å². The maximum Gasteiger partial charge on any atom is 0.124 e. The van der Waals surface area contributed by atoms with Crippen molar-refractivity contribution in [2.75, 3.05) is 18.5 Å². The molecule has 1 N–H and O–H groups in total. The summed E-state index contributed by atoms with van der Waals surface area (Å²) in [4.78, 5) is 0. The van der Waals surface area contributed by atoms with E-state index in [9.17, 15) is 4.39 Å². The van der Waals surface area contributed by atoms with E-state index in [2.05, 4.69) is 21.2 Å². The normalized spacial score (nSPS) is 10.2. The van der Waals surface area contributed by atoms with Gasteiger partial charge in [0.2, 0.25) is 0 Å². The maximum absolute atomic E-state index is 12.9. The Morgan fingerprint density at radius 3 is 2.63 bits per heavy atom. The average Bonchev–Trinajstić information content (AvgIpc) is 2.42. The third-order valence-electron chi connectivity index (χ3n) is 2.58. The molecular formula is C15H15BrFNO. The lowest BCUT2D eigenvalue weighted by atomic mass is 10.3. The fraction of sp³-hybridized carbons (Fsp3) is 0.200. The Kier molecular flexibility index (Phi) is 5.21. The lowest BCUT2D eigenvalue weighted by molar-refractivity contribution is 0.315. The van der Waals surface area contributed by atoms with Crippen molar-refractivity contribution in [3.63, 3.8) is 0 Å². The zero-order valence-corrected chi connectivity index (χ0v) is 12.0. The van der Waals surface area contributed by atoms with Gasteiger partial charge in [-0.05, 0) is 52.7 Å². The third-order valence-corrected chi connectivity index (χ3v) is 3.24. The molecule has 19 heavy (non-hydrogen) atoms. The van der Waals surface area contributed by atoms with Crippen LogP contribution in [0.5, 0.6) is 5.75 Å². The van der Waals surface area contributed by atoms with Crippen LogP contribution in [0.1, 0.15) is 6.42 Å². The third kappa shape index (κ3) is 4.56. The van der Waals surface area contributed by atoms with Gasteiger partial charge in [0.25, 0.3) is 0 Å². The quantitative estimate of drug-likeness (QED) is 0.792. The molecule has 2 rings (SSSR count). The molecule has 0 amide bonds. The second kappa shape index (κ2) is 7.14. The van der Waals surface area contributed by atoms with E-state index in [0.29, 0.717) is 6.61 Å². The summed E-state index contributed by atoms with van der Waals surface area (Å²) < 4.78 is 19.2. The molecule has 0 saturated carbocycles. The summed E-state index contributed by atoms with van der Waals surface area (Å²) in [6.45, 7) is 1.42. The summed E-state index contributed by atoms with van der Waals surface area (Å²) in [5, 5.41) is 3.23. The Bertz CT molecular complexity index is 519. The van der Waals surface area contributed by atoms with Crippen LogP contribution in [-0.2, 0) is 0 Å². The number of halogens is 2. The van der Waals surface area contributed by atoms with Crippen LogP contribution in [0.15, 0.2) is 53.0 Å². The summed E-state index contributed by atoms with van der Waals surface area (Å²) in [6.07, 6.45) is 0.874. The molecule has 0 aromatic heterocycles. The first-order valence-electron chi connectivity index (χ1n) is 6.12. The van der Waals surface area contributed by atoms with Crippen molar-refractivity contribution in [3.05, 3.63) is 58.8 Å². The van der Waals surface area contributed by atoms with Crippen LogP contribution in [0, 0.1) is 5.82 Å². The first-order valence-corrected chi connectivity index (χ1v) is 6.92. The van der Waals surface area contributed by atoms with Gasteiger partial charge in [-0.25, -0.2) is 4.39 Å². The molecule has 2 nitrogen and oxygen atoms in total. The number of anilines is 1. The topological polar surface area (TPSA) is 21.3 Å². The zero-order valence-electron chi connectivity index (χ0n) is 10.4. The summed E-state index contributed by atoms with van der Waals surface area (Å²) in [6, 6.07) is 14.3. The molecule has 100 valence electrons. The minimum atomic E-state index is -0.246. The Morgan fingerprint density at radius 1 is 1.11 bits per heavy atom. The predicted molar refractivity (Wildman–Crippen MR) is 79.1 cm³/mol. The molecule has 2 aromatic carbocycles. The van der Waals surface area contributed by atoms with Gasteiger partial charge in [-0.2, -0.15) is 0 Å². The summed E-state index contributed by atoms with van der Waals surface area (Å²) in [5.41, 5.74) is 0.890. The number of hydrogen-bond acceptors (Lipinski definition) is 2. The van der Waals surface area contributed by atoms with Crippen LogP contribution in [-0.4, -0.2) is 13.2 Å². The largest absolute Gasteiger partial charge is 0.494 e. The maximum atomic E-state index is 12.9. The molecule has 0 unspecified atom stereocenters. The molecule has 0 saturated heterocycles. The molecule has 0 spiro atoms. The van der Waals surface area contributed by atoms with E-state index in [1.54, 1.807) is 6.07 Å². The highest BCUT2D eigenvalue weighted by atomic mass is 79.9. The van der Waals surface area contributed by atoms with Gasteiger partial charge >= 0.3 is 0 Å². The second-order valence-corrected chi connectivity index (χ2v) is 4.92. The van der Waals surface area contributed by atoms with Gasteiger partial charge in [-0.15, -0.1) is 0 Å². The van der Waals surface area contributed by atoms with Gasteiger partial charge in [0.15, 0.2) is 0 Å². The van der Waals surface area contributed by atoms with Crippen molar-refractivity contribution in [2.45, 2.75) is 6.42 Å². The van der Waals surface area contributed by atoms with E-state index >= 15 is 0 Å². The molecule has 0 fully saturated rings. The molecule has 0 radical (unpaired) electrons. The molecule has 0 bridgehead atoms. The van der Waals surface area contributed by atoms with Crippen molar-refractivity contribution in [1.82, 2.24) is 0 Å². The molecule has 4 heteroatoms. The average molecular weight is 324 g/mol. The van der Waals surface area contributed by atoms with Crippen molar-refractivity contribution >= 4 is 21.6 Å². The van der Waals surface area contributed by atoms with Crippen molar-refractivity contribution in [2.24, 2.45) is 0 Å². The van der Waals surface area contributed by atoms with E-state index in [-0.39, 0.29) is 5.82 Å². The first-order chi connectivity index (χ1) is 9.25. The molecule has 0 aliphatic rings. The van der Waals surface area contributed by atoms with E-state index in [4.69, 9.17) is 4.74 Å². The highest BCUT2D eigenvalue weighted by Crippen LogP contribution is 2.22. The fourth-order valence-electron chi connectivity index (χ4n) is 1.63. The lowest BCUT2D eigenvalue weighted by Crippen LogP contribution is -2.07. The van der Waals surface area contributed by atoms with Crippen molar-refractivity contribution in [3.8, 4) is 5.75 Å². The standard InChI is InChI=1S/C15H15BrFNO/c16-14-11-12(17)7-8-15(14)18-9-4-10-19-13-5-2-1-3-6-13/h1-3,5-8,11,18H,4,9-10H2.